The van der Waals surface area contributed by atoms with Gasteiger partial charge in [0.05, 0.1) is 12.8 Å². The molecule has 0 unspecified atom stereocenters. The number of carbonyl (C=O) groups is 2. The minimum atomic E-state index is -0.846. The van der Waals surface area contributed by atoms with Gasteiger partial charge in [-0.15, -0.1) is 0 Å². The number of carboxylic acids is 1. The molecule has 1 amide bonds. The number of amides is 1. The average molecular weight is 251 g/mol. The van der Waals surface area contributed by atoms with Gasteiger partial charge >= 0.3 is 5.97 Å². The van der Waals surface area contributed by atoms with Crippen LogP contribution in [0.15, 0.2) is 24.3 Å². The Balaban J connectivity index is 1.84. The molecule has 5 heteroatoms. The molecule has 0 bridgehead atoms. The molecular weight excluding hydrogens is 237 g/mol. The Labute approximate surface area is 104 Å². The van der Waals surface area contributed by atoms with Gasteiger partial charge in [0.1, 0.15) is 5.82 Å². The maximum atomic E-state index is 13.3. The van der Waals surface area contributed by atoms with E-state index >= 15 is 0 Å². The zero-order valence-corrected chi connectivity index (χ0v) is 9.80. The highest BCUT2D eigenvalue weighted by Crippen LogP contribution is 2.20. The van der Waals surface area contributed by atoms with Gasteiger partial charge in [0.25, 0.3) is 0 Å². The first kappa shape index (κ1) is 12.5. The molecule has 2 rings (SSSR count). The predicted octanol–water partition coefficient (Wildman–Crippen LogP) is 1.30. The van der Waals surface area contributed by atoms with Crippen molar-refractivity contribution in [1.82, 2.24) is 4.90 Å². The second kappa shape index (κ2) is 5.16. The number of carboxylic acid groups (broad SMARTS) is 1. The minimum Gasteiger partial charge on any atom is -0.481 e. The van der Waals surface area contributed by atoms with E-state index in [1.54, 1.807) is 23.1 Å². The van der Waals surface area contributed by atoms with E-state index in [0.717, 1.165) is 0 Å². The molecule has 1 fully saturated rings. The third-order valence-corrected chi connectivity index (χ3v) is 3.07. The number of likely N-dealkylation sites (tertiary alicyclic amines) is 1. The second-order valence-corrected chi connectivity index (χ2v) is 4.53. The monoisotopic (exact) mass is 251 g/mol. The standard InChI is InChI=1S/C13H14FNO3/c14-11-4-2-1-3-10(11)6-12(16)15-7-9(8-15)5-13(17)18/h1-4,9H,5-8H2,(H,17,18). The zero-order chi connectivity index (χ0) is 13.1. The molecule has 0 aromatic heterocycles. The van der Waals surface area contributed by atoms with E-state index in [1.807, 2.05) is 0 Å². The highest BCUT2D eigenvalue weighted by Gasteiger charge is 2.31. The molecule has 4 nitrogen and oxygen atoms in total. The van der Waals surface area contributed by atoms with Crippen LogP contribution in [-0.4, -0.2) is 35.0 Å². The minimum absolute atomic E-state index is 0.0342. The van der Waals surface area contributed by atoms with Crippen LogP contribution >= 0.6 is 0 Å². The lowest BCUT2D eigenvalue weighted by Crippen LogP contribution is -2.51. The van der Waals surface area contributed by atoms with Gasteiger partial charge in [-0.1, -0.05) is 18.2 Å². The van der Waals surface area contributed by atoms with Gasteiger partial charge in [0.15, 0.2) is 0 Å². The average Bonchev–Trinajstić information content (AvgIpc) is 2.25. The molecule has 1 heterocycles. The van der Waals surface area contributed by atoms with Crippen molar-refractivity contribution in [3.05, 3.63) is 35.6 Å². The van der Waals surface area contributed by atoms with E-state index in [4.69, 9.17) is 5.11 Å². The molecule has 1 saturated heterocycles. The quantitative estimate of drug-likeness (QED) is 0.877. The molecule has 1 aromatic rings. The Kier molecular flexibility index (Phi) is 3.60. The molecule has 1 aromatic carbocycles. The van der Waals surface area contributed by atoms with Gasteiger partial charge < -0.3 is 10.0 Å². The predicted molar refractivity (Wildman–Crippen MR) is 62.4 cm³/mol. The fourth-order valence-corrected chi connectivity index (χ4v) is 2.07. The lowest BCUT2D eigenvalue weighted by Gasteiger charge is -2.38. The number of carbonyl (C=O) groups excluding carboxylic acids is 1. The highest BCUT2D eigenvalue weighted by atomic mass is 19.1. The summed E-state index contributed by atoms with van der Waals surface area (Å²) in [7, 11) is 0. The Morgan fingerprint density at radius 2 is 2.00 bits per heavy atom. The number of nitrogens with zero attached hydrogens (tertiary/aromatic N) is 1. The number of hydrogen-bond acceptors (Lipinski definition) is 2. The van der Waals surface area contributed by atoms with E-state index in [9.17, 15) is 14.0 Å². The molecule has 0 radical (unpaired) electrons. The van der Waals surface area contributed by atoms with Gasteiger partial charge in [0.2, 0.25) is 5.91 Å². The van der Waals surface area contributed by atoms with Crippen molar-refractivity contribution in [3.8, 4) is 0 Å². The summed E-state index contributed by atoms with van der Waals surface area (Å²) < 4.78 is 13.3. The topological polar surface area (TPSA) is 57.6 Å². The number of halogens is 1. The fourth-order valence-electron chi connectivity index (χ4n) is 2.07. The summed E-state index contributed by atoms with van der Waals surface area (Å²) in [6.45, 7) is 0.916. The number of benzene rings is 1. The van der Waals surface area contributed by atoms with Crippen LogP contribution in [0, 0.1) is 11.7 Å². The second-order valence-electron chi connectivity index (χ2n) is 4.53. The van der Waals surface area contributed by atoms with Crippen molar-refractivity contribution < 1.29 is 19.1 Å². The van der Waals surface area contributed by atoms with Crippen molar-refractivity contribution in [3.63, 3.8) is 0 Å². The molecule has 0 saturated carbocycles. The van der Waals surface area contributed by atoms with Crippen molar-refractivity contribution in [2.24, 2.45) is 5.92 Å². The van der Waals surface area contributed by atoms with Gasteiger partial charge in [0, 0.05) is 19.0 Å². The van der Waals surface area contributed by atoms with Crippen LogP contribution in [0.4, 0.5) is 4.39 Å². The highest BCUT2D eigenvalue weighted by molar-refractivity contribution is 5.80. The maximum absolute atomic E-state index is 13.3. The lowest BCUT2D eigenvalue weighted by atomic mass is 9.95. The summed E-state index contributed by atoms with van der Waals surface area (Å²) in [4.78, 5) is 23.8. The molecule has 1 N–H and O–H groups in total. The first-order valence-corrected chi connectivity index (χ1v) is 5.79. The SMILES string of the molecule is O=C(O)CC1CN(C(=O)Cc2ccccc2F)C1. The van der Waals surface area contributed by atoms with Crippen molar-refractivity contribution in [1.29, 1.82) is 0 Å². The van der Waals surface area contributed by atoms with Crippen LogP contribution in [0.1, 0.15) is 12.0 Å². The molecule has 96 valence electrons. The van der Waals surface area contributed by atoms with Gasteiger partial charge in [-0.2, -0.15) is 0 Å². The van der Waals surface area contributed by atoms with E-state index < -0.39 is 5.97 Å². The Bertz CT molecular complexity index is 469. The van der Waals surface area contributed by atoms with Crippen LogP contribution in [0.5, 0.6) is 0 Å². The fraction of sp³-hybridized carbons (Fsp3) is 0.385. The smallest absolute Gasteiger partial charge is 0.303 e. The van der Waals surface area contributed by atoms with Gasteiger partial charge in [-0.3, -0.25) is 9.59 Å². The molecule has 0 atom stereocenters. The first-order valence-electron chi connectivity index (χ1n) is 5.79. The van der Waals surface area contributed by atoms with Crippen LogP contribution in [0.25, 0.3) is 0 Å². The number of rotatable bonds is 4. The molecule has 1 aliphatic rings. The zero-order valence-electron chi connectivity index (χ0n) is 9.80. The Hall–Kier alpha value is -1.91. The third kappa shape index (κ3) is 2.85. The molecule has 0 spiro atoms. The summed E-state index contributed by atoms with van der Waals surface area (Å²) in [6, 6.07) is 6.18. The third-order valence-electron chi connectivity index (χ3n) is 3.07. The van der Waals surface area contributed by atoms with Gasteiger partial charge in [-0.25, -0.2) is 4.39 Å². The van der Waals surface area contributed by atoms with E-state index in [-0.39, 0.29) is 30.5 Å². The summed E-state index contributed by atoms with van der Waals surface area (Å²) in [5.41, 5.74) is 0.379. The summed E-state index contributed by atoms with van der Waals surface area (Å²) in [5.74, 6) is -1.34. The Morgan fingerprint density at radius 3 is 2.61 bits per heavy atom. The van der Waals surface area contributed by atoms with Crippen LogP contribution in [0.3, 0.4) is 0 Å². The van der Waals surface area contributed by atoms with Gasteiger partial charge in [-0.05, 0) is 11.6 Å². The molecule has 1 aliphatic heterocycles. The normalized spacial score (nSPS) is 15.3. The first-order chi connectivity index (χ1) is 8.56. The van der Waals surface area contributed by atoms with Crippen LogP contribution in [-0.2, 0) is 16.0 Å². The largest absolute Gasteiger partial charge is 0.481 e. The van der Waals surface area contributed by atoms with Crippen molar-refractivity contribution >= 4 is 11.9 Å². The summed E-state index contributed by atoms with van der Waals surface area (Å²) >= 11 is 0. The summed E-state index contributed by atoms with van der Waals surface area (Å²) in [6.07, 6.45) is 0.121. The maximum Gasteiger partial charge on any atom is 0.303 e. The van der Waals surface area contributed by atoms with Crippen molar-refractivity contribution in [2.45, 2.75) is 12.8 Å². The molecule has 18 heavy (non-hydrogen) atoms. The number of hydrogen-bond donors (Lipinski definition) is 1. The molecular formula is C13H14FNO3. The van der Waals surface area contributed by atoms with E-state index in [1.165, 1.54) is 6.07 Å². The van der Waals surface area contributed by atoms with Crippen LogP contribution < -0.4 is 0 Å². The van der Waals surface area contributed by atoms with E-state index in [2.05, 4.69) is 0 Å². The van der Waals surface area contributed by atoms with Crippen LogP contribution in [0.2, 0.25) is 0 Å². The lowest BCUT2D eigenvalue weighted by molar-refractivity contribution is -0.144. The van der Waals surface area contributed by atoms with E-state index in [0.29, 0.717) is 18.7 Å². The molecule has 0 aliphatic carbocycles. The Morgan fingerprint density at radius 1 is 1.33 bits per heavy atom. The van der Waals surface area contributed by atoms with Crippen molar-refractivity contribution in [2.75, 3.05) is 13.1 Å². The number of aliphatic carboxylic acids is 1. The summed E-state index contributed by atoms with van der Waals surface area (Å²) in [5, 5.41) is 8.59.